The molecule has 3 heteroatoms. The third-order valence-electron chi connectivity index (χ3n) is 3.41. The normalized spacial score (nSPS) is 14.7. The van der Waals surface area contributed by atoms with E-state index in [9.17, 15) is 0 Å². The first kappa shape index (κ1) is 10.5. The number of rotatable bonds is 1. The minimum Gasteiger partial charge on any atom is -0.311 e. The van der Waals surface area contributed by atoms with Gasteiger partial charge in [0.05, 0.1) is 11.4 Å². The van der Waals surface area contributed by atoms with Crippen LogP contribution in [0.4, 0.5) is 0 Å². The van der Waals surface area contributed by atoms with Gasteiger partial charge in [0.15, 0.2) is 0 Å². The van der Waals surface area contributed by atoms with E-state index in [2.05, 4.69) is 48.1 Å². The van der Waals surface area contributed by atoms with Crippen molar-refractivity contribution >= 4 is 0 Å². The molecule has 0 saturated carbocycles. The van der Waals surface area contributed by atoms with E-state index in [0.717, 1.165) is 25.2 Å². The molecule has 0 unspecified atom stereocenters. The second-order valence-electron chi connectivity index (χ2n) is 4.69. The summed E-state index contributed by atoms with van der Waals surface area (Å²) >= 11 is 0. The van der Waals surface area contributed by atoms with Crippen molar-refractivity contribution in [3.8, 4) is 5.69 Å². The molecule has 3 nitrogen and oxygen atoms in total. The Labute approximate surface area is 101 Å². The first-order valence-corrected chi connectivity index (χ1v) is 6.11. The van der Waals surface area contributed by atoms with Crippen molar-refractivity contribution in [1.29, 1.82) is 0 Å². The summed E-state index contributed by atoms with van der Waals surface area (Å²) < 4.78 is 2.07. The number of fused-ring (bicyclic) bond motifs is 1. The molecular formula is C14H17N3. The van der Waals surface area contributed by atoms with Crippen LogP contribution in [0.3, 0.4) is 0 Å². The van der Waals surface area contributed by atoms with Gasteiger partial charge in [-0.15, -0.1) is 0 Å². The third kappa shape index (κ3) is 1.76. The summed E-state index contributed by atoms with van der Waals surface area (Å²) in [6.45, 7) is 6.24. The molecule has 17 heavy (non-hydrogen) atoms. The Morgan fingerprint density at radius 1 is 1.29 bits per heavy atom. The van der Waals surface area contributed by atoms with E-state index in [1.165, 1.54) is 22.5 Å². The van der Waals surface area contributed by atoms with Crippen molar-refractivity contribution in [3.05, 3.63) is 46.8 Å². The Morgan fingerprint density at radius 2 is 2.18 bits per heavy atom. The maximum absolute atomic E-state index is 4.72. The van der Waals surface area contributed by atoms with Crippen LogP contribution >= 0.6 is 0 Å². The predicted octanol–water partition coefficient (Wildman–Crippen LogP) is 2.13. The Kier molecular flexibility index (Phi) is 2.48. The second kappa shape index (κ2) is 4.00. The van der Waals surface area contributed by atoms with Crippen molar-refractivity contribution in [2.24, 2.45) is 0 Å². The molecule has 3 rings (SSSR count). The molecular weight excluding hydrogens is 210 g/mol. The number of hydrogen-bond donors (Lipinski definition) is 1. The molecule has 1 aromatic heterocycles. The van der Waals surface area contributed by atoms with Crippen molar-refractivity contribution in [2.75, 3.05) is 6.54 Å². The van der Waals surface area contributed by atoms with E-state index < -0.39 is 0 Å². The largest absolute Gasteiger partial charge is 0.311 e. The first-order valence-electron chi connectivity index (χ1n) is 6.11. The molecule has 88 valence electrons. The van der Waals surface area contributed by atoms with E-state index in [1.54, 1.807) is 0 Å². The van der Waals surface area contributed by atoms with Gasteiger partial charge in [0.25, 0.3) is 0 Å². The van der Waals surface area contributed by atoms with Gasteiger partial charge in [-0.05, 0) is 50.1 Å². The molecule has 1 aliphatic rings. The van der Waals surface area contributed by atoms with Crippen molar-refractivity contribution in [3.63, 3.8) is 0 Å². The molecule has 2 aromatic rings. The highest BCUT2D eigenvalue weighted by Gasteiger charge is 2.17. The summed E-state index contributed by atoms with van der Waals surface area (Å²) in [4.78, 5) is 0. The number of nitrogens with one attached hydrogen (secondary N) is 1. The van der Waals surface area contributed by atoms with Crippen molar-refractivity contribution in [2.45, 2.75) is 26.8 Å². The summed E-state index contributed by atoms with van der Waals surface area (Å²) in [5.41, 5.74) is 6.35. The second-order valence-corrected chi connectivity index (χ2v) is 4.69. The van der Waals surface area contributed by atoms with Crippen LogP contribution in [0.2, 0.25) is 0 Å². The van der Waals surface area contributed by atoms with Gasteiger partial charge in [0, 0.05) is 12.2 Å². The highest BCUT2D eigenvalue weighted by atomic mass is 15.3. The summed E-state index contributed by atoms with van der Waals surface area (Å²) in [6, 6.07) is 8.50. The van der Waals surface area contributed by atoms with E-state index in [0.29, 0.717) is 0 Å². The molecule has 1 N–H and O–H groups in total. The van der Waals surface area contributed by atoms with Crippen molar-refractivity contribution < 1.29 is 0 Å². The van der Waals surface area contributed by atoms with Gasteiger partial charge in [-0.1, -0.05) is 12.1 Å². The fraction of sp³-hybridized carbons (Fsp3) is 0.357. The Bertz CT molecular complexity index is 555. The first-order chi connectivity index (χ1) is 8.25. The van der Waals surface area contributed by atoms with Crippen LogP contribution in [0, 0.1) is 13.8 Å². The van der Waals surface area contributed by atoms with Crippen LogP contribution in [-0.2, 0) is 13.0 Å². The van der Waals surface area contributed by atoms with Crippen molar-refractivity contribution in [1.82, 2.24) is 15.1 Å². The van der Waals surface area contributed by atoms with E-state index >= 15 is 0 Å². The molecule has 0 spiro atoms. The van der Waals surface area contributed by atoms with Crippen LogP contribution < -0.4 is 5.32 Å². The number of hydrogen-bond acceptors (Lipinski definition) is 2. The Balaban J connectivity index is 2.12. The molecule has 0 saturated heterocycles. The zero-order chi connectivity index (χ0) is 11.8. The van der Waals surface area contributed by atoms with Gasteiger partial charge in [-0.3, -0.25) is 0 Å². The van der Waals surface area contributed by atoms with Gasteiger partial charge in [-0.25, -0.2) is 4.68 Å². The van der Waals surface area contributed by atoms with Gasteiger partial charge in [0.2, 0.25) is 0 Å². The lowest BCUT2D eigenvalue weighted by molar-refractivity contribution is 0.629. The smallest absolute Gasteiger partial charge is 0.0802 e. The van der Waals surface area contributed by atoms with Crippen LogP contribution in [0.1, 0.15) is 22.5 Å². The number of benzene rings is 1. The fourth-order valence-electron chi connectivity index (χ4n) is 2.49. The topological polar surface area (TPSA) is 29.9 Å². The minimum absolute atomic E-state index is 0.898. The van der Waals surface area contributed by atoms with Crippen LogP contribution in [-0.4, -0.2) is 16.3 Å². The Morgan fingerprint density at radius 3 is 2.94 bits per heavy atom. The van der Waals surface area contributed by atoms with Gasteiger partial charge in [-0.2, -0.15) is 5.10 Å². The fourth-order valence-corrected chi connectivity index (χ4v) is 2.49. The van der Waals surface area contributed by atoms with Crippen LogP contribution in [0.5, 0.6) is 0 Å². The van der Waals surface area contributed by atoms with Crippen LogP contribution in [0.25, 0.3) is 5.69 Å². The van der Waals surface area contributed by atoms with Gasteiger partial charge >= 0.3 is 0 Å². The zero-order valence-electron chi connectivity index (χ0n) is 10.3. The monoisotopic (exact) mass is 227 g/mol. The van der Waals surface area contributed by atoms with E-state index in [-0.39, 0.29) is 0 Å². The molecule has 1 aliphatic heterocycles. The highest BCUT2D eigenvalue weighted by Crippen LogP contribution is 2.21. The third-order valence-corrected chi connectivity index (χ3v) is 3.41. The summed E-state index contributed by atoms with van der Waals surface area (Å²) in [5, 5.41) is 8.08. The average Bonchev–Trinajstić information content (AvgIpc) is 2.68. The lowest BCUT2D eigenvalue weighted by atomic mass is 10.1. The molecule has 0 fully saturated rings. The summed E-state index contributed by atoms with van der Waals surface area (Å²) in [7, 11) is 0. The van der Waals surface area contributed by atoms with Crippen LogP contribution in [0.15, 0.2) is 24.3 Å². The standard InChI is InChI=1S/C14H17N3/c1-10-4-3-5-12(8-10)17-11(2)13-6-7-15-9-14(13)16-17/h3-5,8,15H,6-7,9H2,1-2H3. The molecule has 0 atom stereocenters. The quantitative estimate of drug-likeness (QED) is 0.809. The summed E-state index contributed by atoms with van der Waals surface area (Å²) in [5.74, 6) is 0. The average molecular weight is 227 g/mol. The number of aromatic nitrogens is 2. The lowest BCUT2D eigenvalue weighted by Crippen LogP contribution is -2.23. The predicted molar refractivity (Wildman–Crippen MR) is 68.4 cm³/mol. The molecule has 0 bridgehead atoms. The molecule has 0 radical (unpaired) electrons. The maximum Gasteiger partial charge on any atom is 0.0802 e. The Hall–Kier alpha value is -1.61. The number of aryl methyl sites for hydroxylation is 1. The van der Waals surface area contributed by atoms with E-state index in [1.807, 2.05) is 0 Å². The lowest BCUT2D eigenvalue weighted by Gasteiger charge is -2.11. The molecule has 0 amide bonds. The summed E-state index contributed by atoms with van der Waals surface area (Å²) in [6.07, 6.45) is 1.09. The zero-order valence-corrected chi connectivity index (χ0v) is 10.3. The maximum atomic E-state index is 4.72. The molecule has 0 aliphatic carbocycles. The molecule has 1 aromatic carbocycles. The van der Waals surface area contributed by atoms with Gasteiger partial charge < -0.3 is 5.32 Å². The van der Waals surface area contributed by atoms with E-state index in [4.69, 9.17) is 5.10 Å². The SMILES string of the molecule is Cc1cccc(-n2nc3c(c2C)CCNC3)c1. The molecule has 2 heterocycles. The number of nitrogens with zero attached hydrogens (tertiary/aromatic N) is 2. The minimum atomic E-state index is 0.898. The highest BCUT2D eigenvalue weighted by molar-refractivity contribution is 5.40. The van der Waals surface area contributed by atoms with Gasteiger partial charge in [0.1, 0.15) is 0 Å².